The van der Waals surface area contributed by atoms with Crippen LogP contribution in [0.25, 0.3) is 31.0 Å². The number of thiazole rings is 1. The van der Waals surface area contributed by atoms with Crippen LogP contribution in [0.5, 0.6) is 17.2 Å². The second-order valence-corrected chi connectivity index (χ2v) is 21.0. The van der Waals surface area contributed by atoms with Crippen molar-refractivity contribution < 1.29 is 53.4 Å². The van der Waals surface area contributed by atoms with Gasteiger partial charge in [-0.1, -0.05) is 45.0 Å². The van der Waals surface area contributed by atoms with Gasteiger partial charge in [0.2, 0.25) is 17.7 Å². The fourth-order valence-corrected chi connectivity index (χ4v) is 10.5. The SMILES string of the molecule is Cc1ncsc1-c1ccc(CNC(=O)[C@@H]2C[C@@H](O)CN2C(=O)[C@@H](NC(=O)COCCOCCOCCCN(C)CCOc2ccc(C(=O)c3c(-c4ccc(O)cc4)sc4cc(O)ccc34)cc2)C(C)(C)C)cc1. The van der Waals surface area contributed by atoms with Gasteiger partial charge in [0.15, 0.2) is 5.78 Å². The third kappa shape index (κ3) is 14.9. The van der Waals surface area contributed by atoms with E-state index in [-0.39, 0.29) is 62.5 Å². The Kier molecular flexibility index (Phi) is 19.1. The molecule has 0 saturated carbocycles. The molecule has 2 aromatic heterocycles. The highest BCUT2D eigenvalue weighted by Crippen LogP contribution is 2.41. The fraction of sp³-hybridized carbons (Fsp3) is 0.400. The summed E-state index contributed by atoms with van der Waals surface area (Å²) in [5.41, 5.74) is 5.86. The molecule has 3 amide bonds. The molecule has 1 aliphatic rings. The maximum Gasteiger partial charge on any atom is 0.246 e. The summed E-state index contributed by atoms with van der Waals surface area (Å²) in [4.78, 5) is 64.0. The Labute approximate surface area is 433 Å². The number of likely N-dealkylation sites (tertiary alicyclic amines) is 1. The van der Waals surface area contributed by atoms with Crippen LogP contribution >= 0.6 is 22.7 Å². The van der Waals surface area contributed by atoms with Crippen molar-refractivity contribution >= 4 is 56.3 Å². The zero-order valence-electron chi connectivity index (χ0n) is 41.9. The Balaban J connectivity index is 0.738. The van der Waals surface area contributed by atoms with Gasteiger partial charge in [-0.05, 0) is 109 Å². The normalized spacial score (nSPS) is 15.2. The van der Waals surface area contributed by atoms with Crippen molar-refractivity contribution in [1.29, 1.82) is 0 Å². The number of aliphatic hydroxyl groups excluding tert-OH is 1. The van der Waals surface area contributed by atoms with Gasteiger partial charge in [0, 0.05) is 65.3 Å². The summed E-state index contributed by atoms with van der Waals surface area (Å²) >= 11 is 2.99. The summed E-state index contributed by atoms with van der Waals surface area (Å²) < 4.78 is 23.7. The number of carbonyl (C=O) groups is 4. The summed E-state index contributed by atoms with van der Waals surface area (Å²) in [6, 6.07) is 24.8. The van der Waals surface area contributed by atoms with Crippen LogP contribution in [0.3, 0.4) is 0 Å². The van der Waals surface area contributed by atoms with Crippen LogP contribution in [0.2, 0.25) is 0 Å². The molecule has 18 heteroatoms. The standard InChI is InChI=1S/C55H65N5O11S2/c1-35-50(72-34-57-35)38-9-7-36(8-10-38)31-56-53(66)45-29-42(63)32-60(45)54(67)52(55(2,3)4)58-47(64)33-70-28-27-69-26-25-68-23-6-21-59(5)22-24-71-43-18-13-37(14-19-43)49(65)48-44-20-17-41(62)30-46(44)73-51(48)39-11-15-40(61)16-12-39/h7-20,30,34,42,45,52,61-63H,6,21-29,31-33H2,1-5H3,(H,56,66)(H,58,64)/t42-,45+,52-/m1/s1. The molecule has 1 fully saturated rings. The van der Waals surface area contributed by atoms with Gasteiger partial charge in [-0.2, -0.15) is 0 Å². The lowest BCUT2D eigenvalue weighted by atomic mass is 9.85. The van der Waals surface area contributed by atoms with Gasteiger partial charge in [0.05, 0.1) is 48.6 Å². The van der Waals surface area contributed by atoms with Crippen LogP contribution in [0.4, 0.5) is 0 Å². The molecular weight excluding hydrogens is 971 g/mol. The number of aromatic nitrogens is 1. The van der Waals surface area contributed by atoms with Crippen LogP contribution < -0.4 is 15.4 Å². The topological polar surface area (TPSA) is 209 Å². The second-order valence-electron chi connectivity index (χ2n) is 19.1. The first-order valence-electron chi connectivity index (χ1n) is 24.3. The number of carbonyl (C=O) groups excluding carboxylic acids is 4. The molecule has 4 aromatic carbocycles. The lowest BCUT2D eigenvalue weighted by Gasteiger charge is -2.35. The van der Waals surface area contributed by atoms with E-state index in [1.807, 2.05) is 64.5 Å². The molecule has 0 aliphatic carbocycles. The number of rotatable bonds is 25. The monoisotopic (exact) mass is 1040 g/mol. The maximum atomic E-state index is 13.9. The van der Waals surface area contributed by atoms with Gasteiger partial charge < -0.3 is 54.7 Å². The molecule has 3 atom stereocenters. The average molecular weight is 1040 g/mol. The maximum absolute atomic E-state index is 13.9. The quantitative estimate of drug-likeness (QED) is 0.0284. The average Bonchev–Trinajstić information content (AvgIpc) is 4.10. The first kappa shape index (κ1) is 54.5. The van der Waals surface area contributed by atoms with E-state index >= 15 is 0 Å². The molecule has 6 aromatic rings. The largest absolute Gasteiger partial charge is 0.508 e. The predicted octanol–water partition coefficient (Wildman–Crippen LogP) is 7.20. The van der Waals surface area contributed by atoms with E-state index < -0.39 is 35.4 Å². The smallest absolute Gasteiger partial charge is 0.246 e. The number of nitrogens with zero attached hydrogens (tertiary/aromatic N) is 3. The Morgan fingerprint density at radius 1 is 0.822 bits per heavy atom. The molecule has 5 N–H and O–H groups in total. The summed E-state index contributed by atoms with van der Waals surface area (Å²) in [6.07, 6.45) is 0.0263. The summed E-state index contributed by atoms with van der Waals surface area (Å²) in [7, 11) is 2.01. The Morgan fingerprint density at radius 3 is 2.16 bits per heavy atom. The van der Waals surface area contributed by atoms with Crippen LogP contribution in [0, 0.1) is 12.3 Å². The minimum Gasteiger partial charge on any atom is -0.508 e. The number of ether oxygens (including phenoxy) is 4. The van der Waals surface area contributed by atoms with E-state index in [2.05, 4.69) is 20.5 Å². The third-order valence-corrected chi connectivity index (χ3v) is 14.6. The van der Waals surface area contributed by atoms with Gasteiger partial charge >= 0.3 is 0 Å². The zero-order valence-corrected chi connectivity index (χ0v) is 43.6. The Morgan fingerprint density at radius 2 is 1.48 bits per heavy atom. The number of amides is 3. The molecule has 7 rings (SSSR count). The van der Waals surface area contributed by atoms with Crippen LogP contribution in [0.15, 0.2) is 96.5 Å². The number of aromatic hydroxyl groups is 2. The van der Waals surface area contributed by atoms with Gasteiger partial charge in [-0.25, -0.2) is 4.98 Å². The van der Waals surface area contributed by atoms with Crippen molar-refractivity contribution in [3.63, 3.8) is 0 Å². The molecule has 16 nitrogen and oxygen atoms in total. The van der Waals surface area contributed by atoms with Crippen molar-refractivity contribution in [2.24, 2.45) is 5.41 Å². The van der Waals surface area contributed by atoms with Crippen molar-refractivity contribution in [2.75, 3.05) is 72.9 Å². The van der Waals surface area contributed by atoms with E-state index in [1.54, 1.807) is 78.1 Å². The van der Waals surface area contributed by atoms with Gasteiger partial charge in [-0.3, -0.25) is 19.2 Å². The molecule has 1 aliphatic heterocycles. The van der Waals surface area contributed by atoms with Crippen molar-refractivity contribution in [3.8, 4) is 38.1 Å². The Bertz CT molecular complexity index is 2790. The number of nitrogens with one attached hydrogen (secondary N) is 2. The highest BCUT2D eigenvalue weighted by Gasteiger charge is 2.44. The predicted molar refractivity (Wildman–Crippen MR) is 282 cm³/mol. The summed E-state index contributed by atoms with van der Waals surface area (Å²) in [5.74, 6) is -0.543. The number of ketones is 1. The number of benzene rings is 4. The van der Waals surface area contributed by atoms with Crippen molar-refractivity contribution in [2.45, 2.75) is 65.3 Å². The number of hydrogen-bond acceptors (Lipinski definition) is 15. The first-order chi connectivity index (χ1) is 35.0. The van der Waals surface area contributed by atoms with Crippen molar-refractivity contribution in [3.05, 3.63) is 119 Å². The lowest BCUT2D eigenvalue weighted by Crippen LogP contribution is -2.58. The van der Waals surface area contributed by atoms with Gasteiger partial charge in [-0.15, -0.1) is 22.7 Å². The molecule has 0 spiro atoms. The third-order valence-electron chi connectivity index (χ3n) is 12.4. The number of phenols is 2. The van der Waals surface area contributed by atoms with Crippen LogP contribution in [0.1, 0.15) is 60.8 Å². The molecule has 0 bridgehead atoms. The van der Waals surface area contributed by atoms with E-state index in [9.17, 15) is 34.5 Å². The number of aryl methyl sites for hydroxylation is 1. The first-order valence-corrected chi connectivity index (χ1v) is 26.0. The number of β-amino-alcohol motifs (C(OH)–C–C–N with tert-alkyl or cyclic N) is 1. The van der Waals surface area contributed by atoms with Crippen LogP contribution in [-0.4, -0.2) is 145 Å². The van der Waals surface area contributed by atoms with Crippen molar-refractivity contribution in [1.82, 2.24) is 25.4 Å². The molecule has 0 radical (unpaired) electrons. The van der Waals surface area contributed by atoms with Gasteiger partial charge in [0.1, 0.15) is 42.5 Å². The highest BCUT2D eigenvalue weighted by atomic mass is 32.1. The molecule has 3 heterocycles. The van der Waals surface area contributed by atoms with E-state index in [0.717, 1.165) is 55.2 Å². The van der Waals surface area contributed by atoms with E-state index in [1.165, 1.54) is 16.2 Å². The number of aliphatic hydroxyl groups is 1. The molecular formula is C55H65N5O11S2. The van der Waals surface area contributed by atoms with E-state index in [0.29, 0.717) is 49.8 Å². The fourth-order valence-electron chi connectivity index (χ4n) is 8.43. The molecule has 0 unspecified atom stereocenters. The minimum atomic E-state index is -0.968. The minimum absolute atomic E-state index is 0.0199. The number of phenolic OH excluding ortho intramolecular Hbond substituents is 2. The highest BCUT2D eigenvalue weighted by molar-refractivity contribution is 7.22. The number of fused-ring (bicyclic) bond motifs is 1. The summed E-state index contributed by atoms with van der Waals surface area (Å²) in [5, 5.41) is 36.9. The molecule has 1 saturated heterocycles. The lowest BCUT2D eigenvalue weighted by molar-refractivity contribution is -0.144. The summed E-state index contributed by atoms with van der Waals surface area (Å²) in [6.45, 7) is 11.0. The number of likely N-dealkylation sites (N-methyl/N-ethyl adjacent to an activating group) is 1. The van der Waals surface area contributed by atoms with Crippen LogP contribution in [-0.2, 0) is 35.1 Å². The number of hydrogen-bond donors (Lipinski definition) is 5. The zero-order chi connectivity index (χ0) is 52.1. The molecule has 388 valence electrons. The van der Waals surface area contributed by atoms with Gasteiger partial charge in [0.25, 0.3) is 0 Å². The Hall–Kier alpha value is -6.25. The van der Waals surface area contributed by atoms with E-state index in [4.69, 9.17) is 18.9 Å². The number of thiophene rings is 1. The second kappa shape index (κ2) is 25.6. The molecule has 73 heavy (non-hydrogen) atoms.